The van der Waals surface area contributed by atoms with Gasteiger partial charge in [0.2, 0.25) is 6.41 Å². The van der Waals surface area contributed by atoms with Crippen LogP contribution in [0.5, 0.6) is 5.75 Å². The zero-order chi connectivity index (χ0) is 18.9. The number of rotatable bonds is 6. The van der Waals surface area contributed by atoms with E-state index in [-0.39, 0.29) is 12.2 Å². The van der Waals surface area contributed by atoms with Gasteiger partial charge in [-0.05, 0) is 30.3 Å². The standard InChI is InChI=1S/C15H14N4O3.C2H5NO/c1-16-13-8-19-14(17-13)6-5-11(18-19)9-22-12-4-2-3-10(7-12)15(20)21;1-3-2-4/h2-8,16H,9H2,1H3,(H,20,21);2H,1H3,(H,3,4). The summed E-state index contributed by atoms with van der Waals surface area (Å²) in [5.74, 6) is 0.242. The van der Waals surface area contributed by atoms with Gasteiger partial charge in [0.1, 0.15) is 18.2 Å². The van der Waals surface area contributed by atoms with Crippen LogP contribution in [0.4, 0.5) is 5.82 Å². The number of imidazole rings is 1. The summed E-state index contributed by atoms with van der Waals surface area (Å²) in [7, 11) is 3.36. The Balaban J connectivity index is 0.000000552. The quantitative estimate of drug-likeness (QED) is 0.571. The number of nitrogens with zero attached hydrogens (tertiary/aromatic N) is 3. The Hall–Kier alpha value is -3.62. The molecule has 0 fully saturated rings. The maximum absolute atomic E-state index is 10.9. The summed E-state index contributed by atoms with van der Waals surface area (Å²) >= 11 is 0. The van der Waals surface area contributed by atoms with Gasteiger partial charge in [-0.25, -0.2) is 14.3 Å². The molecule has 2 heterocycles. The predicted octanol–water partition coefficient (Wildman–Crippen LogP) is 1.41. The highest BCUT2D eigenvalue weighted by Crippen LogP contribution is 2.15. The van der Waals surface area contributed by atoms with Crippen LogP contribution in [-0.4, -0.2) is 46.2 Å². The molecule has 0 aliphatic heterocycles. The highest BCUT2D eigenvalue weighted by atomic mass is 16.5. The fourth-order valence-electron chi connectivity index (χ4n) is 2.00. The van der Waals surface area contributed by atoms with Crippen LogP contribution in [0, 0.1) is 0 Å². The lowest BCUT2D eigenvalue weighted by Gasteiger charge is -2.06. The number of hydrogen-bond acceptors (Lipinski definition) is 6. The van der Waals surface area contributed by atoms with Gasteiger partial charge in [-0.2, -0.15) is 5.10 Å². The number of carbonyl (C=O) groups is 2. The molecule has 0 saturated heterocycles. The van der Waals surface area contributed by atoms with Gasteiger partial charge < -0.3 is 20.5 Å². The second kappa shape index (κ2) is 9.02. The van der Waals surface area contributed by atoms with Crippen LogP contribution in [0.15, 0.2) is 42.6 Å². The summed E-state index contributed by atoms with van der Waals surface area (Å²) in [6.45, 7) is 0.242. The third-order valence-corrected chi connectivity index (χ3v) is 3.22. The SMILES string of the molecule is CNC=O.CNc1cn2nc(COc3cccc(C(=O)O)c3)ccc2n1. The van der Waals surface area contributed by atoms with E-state index in [1.165, 1.54) is 12.1 Å². The van der Waals surface area contributed by atoms with Gasteiger partial charge in [-0.1, -0.05) is 6.07 Å². The second-order valence-electron chi connectivity index (χ2n) is 5.03. The minimum Gasteiger partial charge on any atom is -0.487 e. The van der Waals surface area contributed by atoms with Crippen molar-refractivity contribution in [2.24, 2.45) is 0 Å². The number of aromatic nitrogens is 3. The summed E-state index contributed by atoms with van der Waals surface area (Å²) in [5, 5.41) is 18.5. The number of carbonyl (C=O) groups excluding carboxylic acids is 1. The zero-order valence-corrected chi connectivity index (χ0v) is 14.3. The maximum atomic E-state index is 10.9. The molecule has 2 aromatic heterocycles. The number of carboxylic acids is 1. The Kier molecular flexibility index (Phi) is 6.49. The van der Waals surface area contributed by atoms with Crippen molar-refractivity contribution in [3.05, 3.63) is 53.9 Å². The van der Waals surface area contributed by atoms with E-state index >= 15 is 0 Å². The van der Waals surface area contributed by atoms with Crippen molar-refractivity contribution < 1.29 is 19.4 Å². The molecule has 0 aliphatic rings. The van der Waals surface area contributed by atoms with Crippen molar-refractivity contribution in [3.8, 4) is 5.75 Å². The lowest BCUT2D eigenvalue weighted by molar-refractivity contribution is -0.109. The lowest BCUT2D eigenvalue weighted by Crippen LogP contribution is -2.03. The summed E-state index contributed by atoms with van der Waals surface area (Å²) in [6, 6.07) is 10.0. The molecule has 9 nitrogen and oxygen atoms in total. The first kappa shape index (κ1) is 18.7. The number of benzene rings is 1. The Bertz CT molecular complexity index is 894. The van der Waals surface area contributed by atoms with Crippen molar-refractivity contribution in [3.63, 3.8) is 0 Å². The highest BCUT2D eigenvalue weighted by Gasteiger charge is 2.06. The third-order valence-electron chi connectivity index (χ3n) is 3.22. The van der Waals surface area contributed by atoms with Crippen molar-refractivity contribution >= 4 is 23.8 Å². The molecular formula is C17H19N5O4. The first-order valence-corrected chi connectivity index (χ1v) is 7.67. The van der Waals surface area contributed by atoms with Crippen LogP contribution in [0.25, 0.3) is 5.65 Å². The molecule has 3 rings (SSSR count). The molecule has 26 heavy (non-hydrogen) atoms. The molecular weight excluding hydrogens is 338 g/mol. The molecule has 3 N–H and O–H groups in total. The summed E-state index contributed by atoms with van der Waals surface area (Å²) in [6.07, 6.45) is 2.41. The zero-order valence-electron chi connectivity index (χ0n) is 14.3. The maximum Gasteiger partial charge on any atom is 0.335 e. The van der Waals surface area contributed by atoms with Gasteiger partial charge in [-0.15, -0.1) is 0 Å². The Labute approximate surface area is 149 Å². The number of ether oxygens (including phenoxy) is 1. The number of hydrogen-bond donors (Lipinski definition) is 3. The number of fused-ring (bicyclic) bond motifs is 1. The van der Waals surface area contributed by atoms with Gasteiger partial charge in [0.25, 0.3) is 0 Å². The van der Waals surface area contributed by atoms with Crippen molar-refractivity contribution in [1.82, 2.24) is 19.9 Å². The Morgan fingerprint density at radius 2 is 2.08 bits per heavy atom. The predicted molar refractivity (Wildman–Crippen MR) is 95.4 cm³/mol. The molecule has 0 aliphatic carbocycles. The molecule has 0 radical (unpaired) electrons. The van der Waals surface area contributed by atoms with Crippen LogP contribution in [0.3, 0.4) is 0 Å². The smallest absolute Gasteiger partial charge is 0.335 e. The average Bonchev–Trinajstić information content (AvgIpc) is 3.09. The van der Waals surface area contributed by atoms with Crippen molar-refractivity contribution in [1.29, 1.82) is 0 Å². The summed E-state index contributed by atoms with van der Waals surface area (Å²) in [4.78, 5) is 24.3. The highest BCUT2D eigenvalue weighted by molar-refractivity contribution is 5.88. The van der Waals surface area contributed by atoms with E-state index in [0.29, 0.717) is 17.9 Å². The van der Waals surface area contributed by atoms with Crippen LogP contribution in [-0.2, 0) is 11.4 Å². The molecule has 1 aromatic carbocycles. The van der Waals surface area contributed by atoms with Gasteiger partial charge in [-0.3, -0.25) is 4.79 Å². The van der Waals surface area contributed by atoms with E-state index in [2.05, 4.69) is 20.7 Å². The van der Waals surface area contributed by atoms with E-state index in [1.807, 2.05) is 12.1 Å². The van der Waals surface area contributed by atoms with E-state index in [1.54, 1.807) is 36.9 Å². The Morgan fingerprint density at radius 3 is 2.73 bits per heavy atom. The summed E-state index contributed by atoms with van der Waals surface area (Å²) < 4.78 is 7.25. The third kappa shape index (κ3) is 4.94. The fraction of sp³-hybridized carbons (Fsp3) is 0.176. The Morgan fingerprint density at radius 1 is 1.31 bits per heavy atom. The van der Waals surface area contributed by atoms with Gasteiger partial charge in [0.15, 0.2) is 5.65 Å². The molecule has 3 aromatic rings. The van der Waals surface area contributed by atoms with Crippen LogP contribution >= 0.6 is 0 Å². The minimum atomic E-state index is -0.983. The molecule has 0 atom stereocenters. The van der Waals surface area contributed by atoms with E-state index in [4.69, 9.17) is 14.6 Å². The van der Waals surface area contributed by atoms with E-state index in [0.717, 1.165) is 11.5 Å². The molecule has 0 bridgehead atoms. The largest absolute Gasteiger partial charge is 0.487 e. The van der Waals surface area contributed by atoms with Crippen LogP contribution in [0.2, 0.25) is 0 Å². The molecule has 136 valence electrons. The molecule has 0 unspecified atom stereocenters. The number of nitrogens with one attached hydrogen (secondary N) is 2. The number of carboxylic acid groups (broad SMARTS) is 1. The van der Waals surface area contributed by atoms with Gasteiger partial charge in [0.05, 0.1) is 17.5 Å². The number of anilines is 1. The molecule has 0 saturated carbocycles. The van der Waals surface area contributed by atoms with Gasteiger partial charge >= 0.3 is 5.97 Å². The van der Waals surface area contributed by atoms with E-state index < -0.39 is 5.97 Å². The van der Waals surface area contributed by atoms with Crippen LogP contribution < -0.4 is 15.4 Å². The van der Waals surface area contributed by atoms with Gasteiger partial charge in [0, 0.05) is 14.1 Å². The first-order chi connectivity index (χ1) is 12.6. The van der Waals surface area contributed by atoms with Crippen molar-refractivity contribution in [2.75, 3.05) is 19.4 Å². The van der Waals surface area contributed by atoms with Crippen molar-refractivity contribution in [2.45, 2.75) is 6.61 Å². The first-order valence-electron chi connectivity index (χ1n) is 7.67. The second-order valence-corrected chi connectivity index (χ2v) is 5.03. The average molecular weight is 357 g/mol. The number of amides is 1. The molecule has 1 amide bonds. The monoisotopic (exact) mass is 357 g/mol. The topological polar surface area (TPSA) is 118 Å². The molecule has 0 spiro atoms. The van der Waals surface area contributed by atoms with E-state index in [9.17, 15) is 4.79 Å². The normalized spacial score (nSPS) is 9.77. The fourth-order valence-corrected chi connectivity index (χ4v) is 2.00. The summed E-state index contributed by atoms with van der Waals surface area (Å²) in [5.41, 5.74) is 1.64. The minimum absolute atomic E-state index is 0.189. The molecule has 9 heteroatoms. The number of aromatic carboxylic acids is 1. The van der Waals surface area contributed by atoms with Crippen LogP contribution in [0.1, 0.15) is 16.1 Å². The lowest BCUT2D eigenvalue weighted by atomic mass is 10.2.